The highest BCUT2D eigenvalue weighted by Gasteiger charge is 2.26. The van der Waals surface area contributed by atoms with Crippen molar-refractivity contribution in [2.24, 2.45) is 5.92 Å². The van der Waals surface area contributed by atoms with Gasteiger partial charge in [-0.1, -0.05) is 6.42 Å². The molecule has 3 heteroatoms. The Morgan fingerprint density at radius 3 is 2.93 bits per heavy atom. The summed E-state index contributed by atoms with van der Waals surface area (Å²) in [5.41, 5.74) is 0. The van der Waals surface area contributed by atoms with Gasteiger partial charge in [0.1, 0.15) is 5.82 Å². The monoisotopic (exact) mass is 207 g/mol. The van der Waals surface area contributed by atoms with Gasteiger partial charge in [-0.3, -0.25) is 0 Å². The third-order valence-corrected chi connectivity index (χ3v) is 3.63. The van der Waals surface area contributed by atoms with E-state index in [-0.39, 0.29) is 0 Å². The Morgan fingerprint density at radius 2 is 2.40 bits per heavy atom. The fourth-order valence-electron chi connectivity index (χ4n) is 2.36. The molecule has 0 radical (unpaired) electrons. The van der Waals surface area contributed by atoms with Gasteiger partial charge in [0.25, 0.3) is 0 Å². The van der Waals surface area contributed by atoms with E-state index < -0.39 is 0 Å². The van der Waals surface area contributed by atoms with Crippen molar-refractivity contribution in [1.82, 2.24) is 14.9 Å². The van der Waals surface area contributed by atoms with Gasteiger partial charge in [-0.05, 0) is 32.7 Å². The maximum Gasteiger partial charge on any atom is 0.110 e. The normalized spacial score (nSPS) is 18.8. The van der Waals surface area contributed by atoms with Crippen LogP contribution in [0.3, 0.4) is 0 Å². The molecule has 1 aromatic rings. The first-order valence-electron chi connectivity index (χ1n) is 6.02. The van der Waals surface area contributed by atoms with E-state index >= 15 is 0 Å². The standard InChI is InChI=1S/C12H21N3/c1-3-15-8-7-14-12(15)9-11(13-2)10-5-4-6-10/h7-8,10-11,13H,3-6,9H2,1-2H3. The smallest absolute Gasteiger partial charge is 0.110 e. The van der Waals surface area contributed by atoms with E-state index in [9.17, 15) is 0 Å². The molecule has 84 valence electrons. The minimum absolute atomic E-state index is 0.617. The topological polar surface area (TPSA) is 29.9 Å². The lowest BCUT2D eigenvalue weighted by Crippen LogP contribution is -2.39. The Hall–Kier alpha value is -0.830. The fourth-order valence-corrected chi connectivity index (χ4v) is 2.36. The van der Waals surface area contributed by atoms with Crippen molar-refractivity contribution in [1.29, 1.82) is 0 Å². The van der Waals surface area contributed by atoms with Crippen LogP contribution in [-0.2, 0) is 13.0 Å². The molecule has 0 spiro atoms. The van der Waals surface area contributed by atoms with Gasteiger partial charge in [0.2, 0.25) is 0 Å². The second-order valence-electron chi connectivity index (χ2n) is 4.42. The minimum atomic E-state index is 0.617. The Bertz CT molecular complexity index is 302. The second-order valence-corrected chi connectivity index (χ2v) is 4.42. The second kappa shape index (κ2) is 4.79. The largest absolute Gasteiger partial charge is 0.335 e. The third kappa shape index (κ3) is 2.23. The molecule has 0 amide bonds. The first kappa shape index (κ1) is 10.7. The highest BCUT2D eigenvalue weighted by atomic mass is 15.1. The van der Waals surface area contributed by atoms with Gasteiger partial charge in [0.15, 0.2) is 0 Å². The van der Waals surface area contributed by atoms with E-state index in [2.05, 4.69) is 35.0 Å². The lowest BCUT2D eigenvalue weighted by molar-refractivity contribution is 0.232. The molecule has 1 aromatic heterocycles. The molecular weight excluding hydrogens is 186 g/mol. The number of imidazole rings is 1. The van der Waals surface area contributed by atoms with Gasteiger partial charge >= 0.3 is 0 Å². The van der Waals surface area contributed by atoms with Gasteiger partial charge in [0.05, 0.1) is 0 Å². The SMILES string of the molecule is CCn1ccnc1CC(NC)C1CCC1. The number of nitrogens with one attached hydrogen (secondary N) is 1. The van der Waals surface area contributed by atoms with Crippen LogP contribution in [0.2, 0.25) is 0 Å². The lowest BCUT2D eigenvalue weighted by atomic mass is 9.78. The summed E-state index contributed by atoms with van der Waals surface area (Å²) < 4.78 is 2.24. The maximum absolute atomic E-state index is 4.44. The maximum atomic E-state index is 4.44. The zero-order valence-corrected chi connectivity index (χ0v) is 9.74. The number of likely N-dealkylation sites (N-methyl/N-ethyl adjacent to an activating group) is 1. The molecule has 1 saturated carbocycles. The van der Waals surface area contributed by atoms with E-state index in [1.165, 1.54) is 25.1 Å². The number of nitrogens with zero attached hydrogens (tertiary/aromatic N) is 2. The zero-order valence-electron chi connectivity index (χ0n) is 9.74. The van der Waals surface area contributed by atoms with Crippen LogP contribution in [0.5, 0.6) is 0 Å². The summed E-state index contributed by atoms with van der Waals surface area (Å²) in [6.07, 6.45) is 9.24. The van der Waals surface area contributed by atoms with Crippen molar-refractivity contribution >= 4 is 0 Å². The third-order valence-electron chi connectivity index (χ3n) is 3.63. The quantitative estimate of drug-likeness (QED) is 0.798. The van der Waals surface area contributed by atoms with E-state index in [0.29, 0.717) is 6.04 Å². The fraction of sp³-hybridized carbons (Fsp3) is 0.750. The van der Waals surface area contributed by atoms with Gasteiger partial charge < -0.3 is 9.88 Å². The van der Waals surface area contributed by atoms with Gasteiger partial charge in [-0.25, -0.2) is 4.98 Å². The average molecular weight is 207 g/mol. The van der Waals surface area contributed by atoms with Crippen molar-refractivity contribution in [2.45, 2.75) is 45.2 Å². The predicted octanol–water partition coefficient (Wildman–Crippen LogP) is 1.83. The van der Waals surface area contributed by atoms with Crippen LogP contribution in [0.4, 0.5) is 0 Å². The van der Waals surface area contributed by atoms with E-state index in [4.69, 9.17) is 0 Å². The Labute approximate surface area is 91.9 Å². The predicted molar refractivity (Wildman–Crippen MR) is 61.8 cm³/mol. The molecule has 15 heavy (non-hydrogen) atoms. The number of aromatic nitrogens is 2. The van der Waals surface area contributed by atoms with Crippen molar-refractivity contribution < 1.29 is 0 Å². The molecule has 3 nitrogen and oxygen atoms in total. The molecule has 0 aromatic carbocycles. The number of hydrogen-bond acceptors (Lipinski definition) is 2. The number of rotatable bonds is 5. The average Bonchev–Trinajstić information content (AvgIpc) is 2.61. The minimum Gasteiger partial charge on any atom is -0.335 e. The Kier molecular flexibility index (Phi) is 3.41. The van der Waals surface area contributed by atoms with Crippen molar-refractivity contribution in [2.75, 3.05) is 7.05 Å². The molecule has 1 N–H and O–H groups in total. The first-order chi connectivity index (χ1) is 7.35. The summed E-state index contributed by atoms with van der Waals surface area (Å²) in [6, 6.07) is 0.617. The molecular formula is C12H21N3. The van der Waals surface area contributed by atoms with Crippen LogP contribution in [0, 0.1) is 5.92 Å². The number of hydrogen-bond donors (Lipinski definition) is 1. The molecule has 0 aliphatic heterocycles. The van der Waals surface area contributed by atoms with Crippen LogP contribution in [-0.4, -0.2) is 22.6 Å². The summed E-state index contributed by atoms with van der Waals surface area (Å²) in [4.78, 5) is 4.44. The Balaban J connectivity index is 1.99. The van der Waals surface area contributed by atoms with Gasteiger partial charge in [-0.15, -0.1) is 0 Å². The molecule has 1 aliphatic carbocycles. The molecule has 0 bridgehead atoms. The summed E-state index contributed by atoms with van der Waals surface area (Å²) >= 11 is 0. The van der Waals surface area contributed by atoms with E-state index in [1.54, 1.807) is 0 Å². The highest BCUT2D eigenvalue weighted by molar-refractivity contribution is 4.97. The summed E-state index contributed by atoms with van der Waals surface area (Å²) in [5.74, 6) is 2.10. The highest BCUT2D eigenvalue weighted by Crippen LogP contribution is 2.30. The molecule has 1 aliphatic rings. The molecule has 0 saturated heterocycles. The van der Waals surface area contributed by atoms with Crippen LogP contribution in [0.1, 0.15) is 32.0 Å². The Morgan fingerprint density at radius 1 is 1.60 bits per heavy atom. The van der Waals surface area contributed by atoms with Crippen molar-refractivity contribution in [3.63, 3.8) is 0 Å². The summed E-state index contributed by atoms with van der Waals surface area (Å²) in [5, 5.41) is 3.44. The molecule has 1 unspecified atom stereocenters. The first-order valence-corrected chi connectivity index (χ1v) is 6.02. The van der Waals surface area contributed by atoms with Crippen LogP contribution >= 0.6 is 0 Å². The molecule has 1 atom stereocenters. The van der Waals surface area contributed by atoms with Crippen molar-refractivity contribution in [3.8, 4) is 0 Å². The zero-order chi connectivity index (χ0) is 10.7. The molecule has 1 heterocycles. The van der Waals surface area contributed by atoms with Gasteiger partial charge in [-0.2, -0.15) is 0 Å². The van der Waals surface area contributed by atoms with Crippen LogP contribution < -0.4 is 5.32 Å². The lowest BCUT2D eigenvalue weighted by Gasteiger charge is -2.33. The summed E-state index contributed by atoms with van der Waals surface area (Å²) in [6.45, 7) is 3.19. The summed E-state index contributed by atoms with van der Waals surface area (Å²) in [7, 11) is 2.07. The van der Waals surface area contributed by atoms with Gasteiger partial charge in [0, 0.05) is 31.4 Å². The van der Waals surface area contributed by atoms with E-state index in [0.717, 1.165) is 18.9 Å². The van der Waals surface area contributed by atoms with Crippen LogP contribution in [0.25, 0.3) is 0 Å². The van der Waals surface area contributed by atoms with Crippen LogP contribution in [0.15, 0.2) is 12.4 Å². The van der Waals surface area contributed by atoms with E-state index in [1.807, 2.05) is 6.20 Å². The number of aryl methyl sites for hydroxylation is 1. The molecule has 2 rings (SSSR count). The van der Waals surface area contributed by atoms with Crippen molar-refractivity contribution in [3.05, 3.63) is 18.2 Å². The molecule has 1 fully saturated rings.